The molecule has 102 valence electrons. The number of carboxylic acid groups (broad SMARTS) is 1. The molecule has 0 fully saturated rings. The van der Waals surface area contributed by atoms with Crippen molar-refractivity contribution in [3.8, 4) is 12.3 Å². The Hall–Kier alpha value is -1.36. The van der Waals surface area contributed by atoms with Gasteiger partial charge >= 0.3 is 5.97 Å². The second-order valence-electron chi connectivity index (χ2n) is 3.88. The van der Waals surface area contributed by atoms with Crippen LogP contribution in [0.2, 0.25) is 0 Å². The third-order valence-electron chi connectivity index (χ3n) is 2.25. The van der Waals surface area contributed by atoms with E-state index in [0.29, 0.717) is 0 Å². The predicted molar refractivity (Wildman–Crippen MR) is 74.3 cm³/mol. The highest BCUT2D eigenvalue weighted by atomic mass is 79.9. The lowest BCUT2D eigenvalue weighted by molar-refractivity contribution is 0.0696. The first-order valence-corrected chi connectivity index (χ1v) is 7.54. The Balaban J connectivity index is 3.18. The maximum atomic E-state index is 12.1. The molecule has 0 bridgehead atoms. The van der Waals surface area contributed by atoms with Gasteiger partial charge in [-0.3, -0.25) is 0 Å². The minimum absolute atomic E-state index is 0.104. The molecule has 1 unspecified atom stereocenters. The normalized spacial score (nSPS) is 12.7. The SMILES string of the molecule is C#CCC(C)NS(=O)(=O)c1cc(C(=O)O)ccc1Br. The first kappa shape index (κ1) is 15.7. The van der Waals surface area contributed by atoms with Gasteiger partial charge in [-0.25, -0.2) is 17.9 Å². The Labute approximate surface area is 120 Å². The van der Waals surface area contributed by atoms with Crippen LogP contribution in [0.25, 0.3) is 0 Å². The molecule has 0 aliphatic heterocycles. The van der Waals surface area contributed by atoms with Gasteiger partial charge in [0.15, 0.2) is 0 Å². The standard InChI is InChI=1S/C12H12BrNO4S/c1-3-4-8(2)14-19(17,18)11-7-9(12(15)16)5-6-10(11)13/h1,5-8,14H,4H2,2H3,(H,15,16). The van der Waals surface area contributed by atoms with Crippen LogP contribution >= 0.6 is 15.9 Å². The number of nitrogens with one attached hydrogen (secondary N) is 1. The van der Waals surface area contributed by atoms with Crippen molar-refractivity contribution in [2.24, 2.45) is 0 Å². The number of terminal acetylenes is 1. The fourth-order valence-corrected chi connectivity index (χ4v) is 3.62. The van der Waals surface area contributed by atoms with Crippen molar-refractivity contribution in [3.05, 3.63) is 28.2 Å². The molecule has 0 heterocycles. The zero-order valence-corrected chi connectivity index (χ0v) is 12.5. The molecule has 0 aliphatic carbocycles. The first-order chi connectivity index (χ1) is 8.77. The number of hydrogen-bond donors (Lipinski definition) is 2. The molecule has 7 heteroatoms. The van der Waals surface area contributed by atoms with Gasteiger partial charge in [-0.15, -0.1) is 12.3 Å². The summed E-state index contributed by atoms with van der Waals surface area (Å²) in [4.78, 5) is 10.7. The summed E-state index contributed by atoms with van der Waals surface area (Å²) in [5.41, 5.74) is -0.104. The number of carboxylic acids is 1. The summed E-state index contributed by atoms with van der Waals surface area (Å²) in [6, 6.07) is 3.35. The van der Waals surface area contributed by atoms with Gasteiger partial charge in [-0.05, 0) is 41.1 Å². The van der Waals surface area contributed by atoms with Gasteiger partial charge in [-0.1, -0.05) is 0 Å². The number of sulfonamides is 1. The molecule has 0 aliphatic rings. The zero-order chi connectivity index (χ0) is 14.6. The summed E-state index contributed by atoms with van der Waals surface area (Å²) in [6.07, 6.45) is 5.35. The van der Waals surface area contributed by atoms with Crippen molar-refractivity contribution in [3.63, 3.8) is 0 Å². The Morgan fingerprint density at radius 3 is 2.74 bits per heavy atom. The van der Waals surface area contributed by atoms with Gasteiger partial charge in [0.1, 0.15) is 0 Å². The number of benzene rings is 1. The number of carbonyl (C=O) groups is 1. The highest BCUT2D eigenvalue weighted by Gasteiger charge is 2.21. The topological polar surface area (TPSA) is 83.5 Å². The average Bonchev–Trinajstić information content (AvgIpc) is 2.28. The Morgan fingerprint density at radius 1 is 1.58 bits per heavy atom. The Bertz CT molecular complexity index is 634. The molecule has 0 radical (unpaired) electrons. The number of aromatic carboxylic acids is 1. The molecule has 0 spiro atoms. The fraction of sp³-hybridized carbons (Fsp3) is 0.250. The van der Waals surface area contributed by atoms with Crippen LogP contribution in [0, 0.1) is 12.3 Å². The van der Waals surface area contributed by atoms with Gasteiger partial charge < -0.3 is 5.11 Å². The van der Waals surface area contributed by atoms with Crippen LogP contribution in [0.4, 0.5) is 0 Å². The third-order valence-corrected chi connectivity index (χ3v) is 4.83. The molecule has 0 saturated carbocycles. The van der Waals surface area contributed by atoms with E-state index in [9.17, 15) is 13.2 Å². The number of hydrogen-bond acceptors (Lipinski definition) is 3. The van der Waals surface area contributed by atoms with Crippen LogP contribution in [0.1, 0.15) is 23.7 Å². The smallest absolute Gasteiger partial charge is 0.335 e. The molecular weight excluding hydrogens is 334 g/mol. The molecule has 1 aromatic carbocycles. The van der Waals surface area contributed by atoms with Gasteiger partial charge in [0.2, 0.25) is 10.0 Å². The molecular formula is C12H12BrNO4S. The fourth-order valence-electron chi connectivity index (χ4n) is 1.39. The van der Waals surface area contributed by atoms with Crippen LogP contribution in [0.5, 0.6) is 0 Å². The second kappa shape index (κ2) is 6.19. The Morgan fingerprint density at radius 2 is 2.21 bits per heavy atom. The second-order valence-corrected chi connectivity index (χ2v) is 6.42. The maximum absolute atomic E-state index is 12.1. The average molecular weight is 346 g/mol. The largest absolute Gasteiger partial charge is 0.478 e. The molecule has 1 aromatic rings. The number of rotatable bonds is 5. The minimum Gasteiger partial charge on any atom is -0.478 e. The summed E-state index contributed by atoms with van der Waals surface area (Å²) >= 11 is 3.09. The van der Waals surface area contributed by atoms with Crippen LogP contribution in [0.15, 0.2) is 27.6 Å². The minimum atomic E-state index is -3.82. The molecule has 2 N–H and O–H groups in total. The molecule has 1 atom stereocenters. The van der Waals surface area contributed by atoms with Gasteiger partial charge in [0, 0.05) is 16.9 Å². The van der Waals surface area contributed by atoms with E-state index in [1.807, 2.05) is 0 Å². The van der Waals surface area contributed by atoms with Crippen molar-refractivity contribution >= 4 is 31.9 Å². The van der Waals surface area contributed by atoms with Gasteiger partial charge in [-0.2, -0.15) is 0 Å². The van der Waals surface area contributed by atoms with E-state index in [4.69, 9.17) is 11.5 Å². The monoisotopic (exact) mass is 345 g/mol. The van der Waals surface area contributed by atoms with E-state index in [2.05, 4.69) is 26.6 Å². The third kappa shape index (κ3) is 4.06. The zero-order valence-electron chi connectivity index (χ0n) is 10.1. The van der Waals surface area contributed by atoms with Crippen molar-refractivity contribution in [1.29, 1.82) is 0 Å². The van der Waals surface area contributed by atoms with Crippen LogP contribution in [0.3, 0.4) is 0 Å². The predicted octanol–water partition coefficient (Wildman–Crippen LogP) is 1.84. The first-order valence-electron chi connectivity index (χ1n) is 5.26. The van der Waals surface area contributed by atoms with Crippen LogP contribution in [-0.2, 0) is 10.0 Å². The lowest BCUT2D eigenvalue weighted by Gasteiger charge is -2.13. The molecule has 0 amide bonds. The van der Waals surface area contributed by atoms with Gasteiger partial charge in [0.05, 0.1) is 10.5 Å². The molecule has 0 aromatic heterocycles. The summed E-state index contributed by atoms with van der Waals surface area (Å²) in [6.45, 7) is 1.63. The van der Waals surface area contributed by atoms with Crippen LogP contribution in [-0.4, -0.2) is 25.5 Å². The molecule has 0 saturated heterocycles. The molecule has 1 rings (SSSR count). The van der Waals surface area contributed by atoms with Gasteiger partial charge in [0.25, 0.3) is 0 Å². The van der Waals surface area contributed by atoms with E-state index in [1.165, 1.54) is 12.1 Å². The molecule has 5 nitrogen and oxygen atoms in total. The lowest BCUT2D eigenvalue weighted by Crippen LogP contribution is -2.32. The van der Waals surface area contributed by atoms with E-state index in [1.54, 1.807) is 6.92 Å². The van der Waals surface area contributed by atoms with Crippen molar-refractivity contribution in [1.82, 2.24) is 4.72 Å². The number of halogens is 1. The van der Waals surface area contributed by atoms with Crippen LogP contribution < -0.4 is 4.72 Å². The summed E-state index contributed by atoms with van der Waals surface area (Å²) < 4.78 is 26.9. The van der Waals surface area contributed by atoms with E-state index < -0.39 is 22.0 Å². The van der Waals surface area contributed by atoms with Crippen molar-refractivity contribution in [2.45, 2.75) is 24.3 Å². The van der Waals surface area contributed by atoms with E-state index in [0.717, 1.165) is 6.07 Å². The summed E-state index contributed by atoms with van der Waals surface area (Å²) in [7, 11) is -3.82. The summed E-state index contributed by atoms with van der Waals surface area (Å²) in [5, 5.41) is 8.87. The maximum Gasteiger partial charge on any atom is 0.335 e. The highest BCUT2D eigenvalue weighted by molar-refractivity contribution is 9.10. The van der Waals surface area contributed by atoms with Crippen molar-refractivity contribution in [2.75, 3.05) is 0 Å². The Kier molecular flexibility index (Phi) is 5.11. The molecule has 19 heavy (non-hydrogen) atoms. The quantitative estimate of drug-likeness (QED) is 0.797. The lowest BCUT2D eigenvalue weighted by atomic mass is 10.2. The van der Waals surface area contributed by atoms with Crippen molar-refractivity contribution < 1.29 is 18.3 Å². The summed E-state index contributed by atoms with van der Waals surface area (Å²) in [5.74, 6) is 1.16. The highest BCUT2D eigenvalue weighted by Crippen LogP contribution is 2.23. The van der Waals surface area contributed by atoms with E-state index in [-0.39, 0.29) is 21.4 Å². The van der Waals surface area contributed by atoms with E-state index >= 15 is 0 Å².